The molecule has 0 amide bonds. The Labute approximate surface area is 234 Å². The molecule has 0 aliphatic rings. The van der Waals surface area contributed by atoms with Crippen molar-refractivity contribution in [3.63, 3.8) is 0 Å². The van der Waals surface area contributed by atoms with Gasteiger partial charge in [0.25, 0.3) is 10.1 Å². The van der Waals surface area contributed by atoms with Crippen molar-refractivity contribution in [2.45, 2.75) is 14.7 Å². The number of nitrogens with zero attached hydrogens (tertiary/aromatic N) is 2. The van der Waals surface area contributed by atoms with E-state index in [4.69, 9.17) is 19.6 Å². The lowest BCUT2D eigenvalue weighted by Gasteiger charge is -2.12. The highest BCUT2D eigenvalue weighted by molar-refractivity contribution is 7.94. The number of nitrogens with two attached hydrogens (primary N) is 1. The largest absolute Gasteiger partial charge is 0.494 e. The zero-order chi connectivity index (χ0) is 31.4. The number of anilines is 1. The number of methoxy groups -OCH3 is 1. The molecule has 24 heteroatoms. The van der Waals surface area contributed by atoms with E-state index < -0.39 is 95.7 Å². The van der Waals surface area contributed by atoms with Gasteiger partial charge in [-0.2, -0.15) is 30.4 Å². The molecule has 230 valence electrons. The van der Waals surface area contributed by atoms with Crippen molar-refractivity contribution < 1.29 is 68.9 Å². The molecule has 5 N–H and O–H groups in total. The van der Waals surface area contributed by atoms with Gasteiger partial charge in [0, 0.05) is 6.07 Å². The van der Waals surface area contributed by atoms with Crippen LogP contribution in [0.1, 0.15) is 0 Å². The van der Waals surface area contributed by atoms with Crippen molar-refractivity contribution in [3.8, 4) is 5.75 Å². The fourth-order valence-electron chi connectivity index (χ4n) is 2.92. The van der Waals surface area contributed by atoms with Gasteiger partial charge >= 0.3 is 20.8 Å². The van der Waals surface area contributed by atoms with Crippen molar-refractivity contribution in [2.75, 3.05) is 37.6 Å². The summed E-state index contributed by atoms with van der Waals surface area (Å²) in [4.78, 5) is -2.66. The van der Waals surface area contributed by atoms with Crippen LogP contribution in [0.2, 0.25) is 0 Å². The molecule has 2 aromatic rings. The molecule has 0 aliphatic carbocycles. The van der Waals surface area contributed by atoms with Gasteiger partial charge in [0.05, 0.1) is 53.0 Å². The van der Waals surface area contributed by atoms with Crippen molar-refractivity contribution in [3.05, 3.63) is 30.3 Å². The zero-order valence-corrected chi connectivity index (χ0v) is 24.5. The van der Waals surface area contributed by atoms with Crippen LogP contribution >= 0.6 is 0 Å². The van der Waals surface area contributed by atoms with E-state index >= 15 is 0 Å². The highest BCUT2D eigenvalue weighted by atomic mass is 32.3. The summed E-state index contributed by atoms with van der Waals surface area (Å²) in [6.45, 7) is -2.25. The van der Waals surface area contributed by atoms with Gasteiger partial charge in [-0.05, 0) is 24.3 Å². The third kappa shape index (κ3) is 10.2. The summed E-state index contributed by atoms with van der Waals surface area (Å²) in [5.41, 5.74) is 4.49. The monoisotopic (exact) mass is 683 g/mol. The first-order valence-electron chi connectivity index (χ1n) is 10.3. The van der Waals surface area contributed by atoms with Gasteiger partial charge in [0.1, 0.15) is 16.3 Å². The maximum Gasteiger partial charge on any atom is 0.397 e. The maximum absolute atomic E-state index is 12.9. The molecule has 0 saturated heterocycles. The van der Waals surface area contributed by atoms with Gasteiger partial charge in [0.2, 0.25) is 0 Å². The summed E-state index contributed by atoms with van der Waals surface area (Å²) in [5, 5.41) is 7.44. The van der Waals surface area contributed by atoms with Crippen molar-refractivity contribution in [2.24, 2.45) is 10.2 Å². The minimum absolute atomic E-state index is 0.133. The number of azo groups is 1. The maximum atomic E-state index is 12.9. The van der Waals surface area contributed by atoms with Crippen molar-refractivity contribution in [1.82, 2.24) is 0 Å². The van der Waals surface area contributed by atoms with E-state index in [2.05, 4.69) is 18.6 Å². The van der Waals surface area contributed by atoms with E-state index in [0.717, 1.165) is 31.4 Å². The summed E-state index contributed by atoms with van der Waals surface area (Å²) in [6.07, 6.45) is 0. The summed E-state index contributed by atoms with van der Waals surface area (Å²) >= 11 is 0. The Balaban J connectivity index is 2.63. The van der Waals surface area contributed by atoms with Crippen LogP contribution in [0.3, 0.4) is 0 Å². The van der Waals surface area contributed by atoms with E-state index in [0.29, 0.717) is 6.07 Å². The predicted molar refractivity (Wildman–Crippen MR) is 137 cm³/mol. The normalized spacial score (nSPS) is 13.5. The van der Waals surface area contributed by atoms with Crippen LogP contribution in [0.25, 0.3) is 0 Å². The number of hydrogen-bond donors (Lipinski definition) is 4. The molecule has 2 aromatic carbocycles. The van der Waals surface area contributed by atoms with E-state index in [1.54, 1.807) is 0 Å². The quantitative estimate of drug-likeness (QED) is 0.117. The predicted octanol–water partition coefficient (Wildman–Crippen LogP) is 0.126. The topological polar surface area (TPSA) is 310 Å². The Morgan fingerprint density at radius 1 is 0.707 bits per heavy atom. The van der Waals surface area contributed by atoms with Crippen LogP contribution in [0.15, 0.2) is 55.2 Å². The summed E-state index contributed by atoms with van der Waals surface area (Å²) < 4.78 is 157. The van der Waals surface area contributed by atoms with Crippen LogP contribution in [-0.2, 0) is 59.0 Å². The van der Waals surface area contributed by atoms with Crippen LogP contribution < -0.4 is 10.5 Å². The van der Waals surface area contributed by atoms with Crippen LogP contribution in [0, 0.1) is 0 Å². The average Bonchev–Trinajstić information content (AvgIpc) is 2.80. The Kier molecular flexibility index (Phi) is 10.6. The van der Waals surface area contributed by atoms with Crippen LogP contribution in [0.4, 0.5) is 17.1 Å². The Hall–Kier alpha value is -2.81. The zero-order valence-electron chi connectivity index (χ0n) is 20.4. The van der Waals surface area contributed by atoms with Gasteiger partial charge in [-0.1, -0.05) is 0 Å². The molecule has 0 bridgehead atoms. The number of rotatable bonds is 14. The first-order chi connectivity index (χ1) is 18.6. The minimum atomic E-state index is -5.06. The molecule has 19 nitrogen and oxygen atoms in total. The Bertz CT molecular complexity index is 1890. The van der Waals surface area contributed by atoms with E-state index in [9.17, 15) is 46.6 Å². The lowest BCUT2D eigenvalue weighted by Crippen LogP contribution is -2.20. The fourth-order valence-corrected chi connectivity index (χ4v) is 7.46. The molecule has 0 saturated carbocycles. The first kappa shape index (κ1) is 34.4. The highest BCUT2D eigenvalue weighted by Gasteiger charge is 2.28. The average molecular weight is 684 g/mol. The first-order valence-corrected chi connectivity index (χ1v) is 17.7. The lowest BCUT2D eigenvalue weighted by atomic mass is 10.2. The fraction of sp³-hybridized carbons (Fsp3) is 0.294. The molecular weight excluding hydrogens is 663 g/mol. The SMILES string of the molecule is COc1cc(N)c(S(=O)(=O)O)cc1N=Nc1ccc(S(=O)(=O)CCOS(=O)(=O)O)c(S(=O)(=O)CCOS(=O)(=O)O)c1. The molecule has 0 atom stereocenters. The molecule has 0 heterocycles. The third-order valence-electron chi connectivity index (χ3n) is 4.63. The molecule has 0 unspecified atom stereocenters. The van der Waals surface area contributed by atoms with Gasteiger partial charge in [-0.3, -0.25) is 13.7 Å². The number of benzene rings is 2. The third-order valence-corrected chi connectivity index (χ3v) is 10.0. The minimum Gasteiger partial charge on any atom is -0.494 e. The number of ether oxygens (including phenoxy) is 1. The number of nitrogen functional groups attached to an aromatic ring is 1. The molecule has 0 aliphatic heterocycles. The van der Waals surface area contributed by atoms with E-state index in [1.807, 2.05) is 0 Å². The van der Waals surface area contributed by atoms with Crippen LogP contribution in [-0.4, -0.2) is 87.6 Å². The molecule has 0 radical (unpaired) electrons. The van der Waals surface area contributed by atoms with Gasteiger partial charge < -0.3 is 10.5 Å². The molecule has 0 aromatic heterocycles. The second-order valence-electron chi connectivity index (χ2n) is 7.51. The number of hydrogen-bond acceptors (Lipinski definition) is 16. The molecular formula is C17H21N3O16S5. The van der Waals surface area contributed by atoms with Gasteiger partial charge in [-0.15, -0.1) is 5.11 Å². The lowest BCUT2D eigenvalue weighted by molar-refractivity contribution is 0.282. The second kappa shape index (κ2) is 12.6. The summed E-state index contributed by atoms with van der Waals surface area (Å²) in [6, 6.07) is 4.13. The highest BCUT2D eigenvalue weighted by Crippen LogP contribution is 2.36. The molecule has 0 fully saturated rings. The van der Waals surface area contributed by atoms with E-state index in [1.165, 1.54) is 0 Å². The summed E-state index contributed by atoms with van der Waals surface area (Å²) in [5.74, 6) is -2.45. The van der Waals surface area contributed by atoms with Gasteiger partial charge in [0.15, 0.2) is 19.7 Å². The Morgan fingerprint density at radius 2 is 1.22 bits per heavy atom. The second-order valence-corrected chi connectivity index (χ2v) is 15.2. The van der Waals surface area contributed by atoms with E-state index in [-0.39, 0.29) is 17.1 Å². The summed E-state index contributed by atoms with van der Waals surface area (Å²) in [7, 11) is -23.1. The van der Waals surface area contributed by atoms with Crippen LogP contribution in [0.5, 0.6) is 5.75 Å². The molecule has 2 rings (SSSR count). The van der Waals surface area contributed by atoms with Crippen molar-refractivity contribution >= 4 is 67.7 Å². The smallest absolute Gasteiger partial charge is 0.397 e. The number of sulfone groups is 2. The molecule has 41 heavy (non-hydrogen) atoms. The standard InChI is InChI=1S/C17H21N3O16S5/c1-34-14-9-12(18)16(39(25,26)27)10-13(14)20-19-11-2-3-15(37(21,22)6-4-35-40(28,29)30)17(8-11)38(23,24)7-5-36-41(31,32)33/h2-3,8-10H,4-7,18H2,1H3,(H,25,26,27)(H,28,29,30)(H,31,32,33). The van der Waals surface area contributed by atoms with Gasteiger partial charge in [-0.25, -0.2) is 25.2 Å². The molecule has 0 spiro atoms. The van der Waals surface area contributed by atoms with Crippen molar-refractivity contribution in [1.29, 1.82) is 0 Å². The Morgan fingerprint density at radius 3 is 1.68 bits per heavy atom.